The molecule has 0 saturated carbocycles. The lowest BCUT2D eigenvalue weighted by molar-refractivity contribution is 0.0827. The van der Waals surface area contributed by atoms with Gasteiger partial charge in [0.2, 0.25) is 5.16 Å². The third kappa shape index (κ3) is 2.84. The highest BCUT2D eigenvalue weighted by molar-refractivity contribution is 7.99. The Labute approximate surface area is 114 Å². The smallest absolute Gasteiger partial charge is 0.253 e. The summed E-state index contributed by atoms with van der Waals surface area (Å²) in [6, 6.07) is 5.20. The van der Waals surface area contributed by atoms with Crippen molar-refractivity contribution in [1.82, 2.24) is 25.1 Å². The summed E-state index contributed by atoms with van der Waals surface area (Å²) in [4.78, 5) is 14.1. The minimum absolute atomic E-state index is 0.0800. The highest BCUT2D eigenvalue weighted by Crippen LogP contribution is 2.30. The number of nitrogens with two attached hydrogens (primary N) is 1. The Kier molecular flexibility index (Phi) is 3.70. The summed E-state index contributed by atoms with van der Waals surface area (Å²) < 4.78 is 1.56. The van der Waals surface area contributed by atoms with Crippen LogP contribution in [0, 0.1) is 0 Å². The van der Waals surface area contributed by atoms with Gasteiger partial charge in [-0.05, 0) is 40.4 Å². The van der Waals surface area contributed by atoms with Crippen LogP contribution in [-0.4, -0.2) is 45.1 Å². The molecule has 1 heterocycles. The van der Waals surface area contributed by atoms with Gasteiger partial charge >= 0.3 is 0 Å². The van der Waals surface area contributed by atoms with Crippen molar-refractivity contribution >= 4 is 23.4 Å². The second-order valence-electron chi connectivity index (χ2n) is 4.14. The molecule has 2 N–H and O–H groups in total. The van der Waals surface area contributed by atoms with Crippen LogP contribution in [0.5, 0.6) is 0 Å². The average molecular weight is 278 g/mol. The lowest BCUT2D eigenvalue weighted by Gasteiger charge is -2.11. The van der Waals surface area contributed by atoms with Gasteiger partial charge in [0.05, 0.1) is 0 Å². The van der Waals surface area contributed by atoms with Crippen LogP contribution in [0.2, 0.25) is 0 Å². The molecule has 2 aromatic rings. The van der Waals surface area contributed by atoms with Gasteiger partial charge in [-0.15, -0.1) is 5.10 Å². The van der Waals surface area contributed by atoms with Gasteiger partial charge < -0.3 is 10.6 Å². The number of tetrazole rings is 1. The Morgan fingerprint density at radius 1 is 1.42 bits per heavy atom. The van der Waals surface area contributed by atoms with Gasteiger partial charge in [-0.3, -0.25) is 4.79 Å². The standard InChI is InChI=1S/C11H14N6OS/c1-16(2)10(18)7-4-5-9(8(12)6-7)19-11-13-14-15-17(11)3/h4-6H,12H2,1-3H3. The SMILES string of the molecule is CN(C)C(=O)c1ccc(Sc2nnnn2C)c(N)c1. The number of aryl methyl sites for hydroxylation is 1. The van der Waals surface area contributed by atoms with Crippen molar-refractivity contribution in [2.45, 2.75) is 10.1 Å². The zero-order valence-corrected chi connectivity index (χ0v) is 11.7. The number of nitrogen functional groups attached to an aromatic ring is 1. The fourth-order valence-corrected chi connectivity index (χ4v) is 2.19. The summed E-state index contributed by atoms with van der Waals surface area (Å²) in [6.07, 6.45) is 0. The fraction of sp³-hybridized carbons (Fsp3) is 0.273. The Morgan fingerprint density at radius 2 is 2.16 bits per heavy atom. The van der Waals surface area contributed by atoms with E-state index in [0.717, 1.165) is 4.90 Å². The molecule has 0 saturated heterocycles. The molecule has 100 valence electrons. The fourth-order valence-electron chi connectivity index (χ4n) is 1.44. The van der Waals surface area contributed by atoms with Crippen LogP contribution in [0.4, 0.5) is 5.69 Å². The first kappa shape index (κ1) is 13.3. The predicted molar refractivity (Wildman–Crippen MR) is 71.8 cm³/mol. The van der Waals surface area contributed by atoms with Crippen LogP contribution in [0.3, 0.4) is 0 Å². The summed E-state index contributed by atoms with van der Waals surface area (Å²) in [5, 5.41) is 11.8. The largest absolute Gasteiger partial charge is 0.398 e. The van der Waals surface area contributed by atoms with Crippen molar-refractivity contribution in [2.24, 2.45) is 7.05 Å². The molecular formula is C11H14N6OS. The summed E-state index contributed by atoms with van der Waals surface area (Å²) in [7, 11) is 5.15. The molecular weight excluding hydrogens is 264 g/mol. The Hall–Kier alpha value is -2.09. The molecule has 1 amide bonds. The van der Waals surface area contributed by atoms with Crippen LogP contribution >= 0.6 is 11.8 Å². The molecule has 0 radical (unpaired) electrons. The second kappa shape index (κ2) is 5.27. The van der Waals surface area contributed by atoms with E-state index in [2.05, 4.69) is 15.5 Å². The number of amides is 1. The van der Waals surface area contributed by atoms with Crippen LogP contribution in [0.15, 0.2) is 28.3 Å². The lowest BCUT2D eigenvalue weighted by Crippen LogP contribution is -2.21. The quantitative estimate of drug-likeness (QED) is 0.829. The van der Waals surface area contributed by atoms with Gasteiger partial charge in [-0.1, -0.05) is 0 Å². The monoisotopic (exact) mass is 278 g/mol. The molecule has 1 aromatic heterocycles. The minimum Gasteiger partial charge on any atom is -0.398 e. The second-order valence-corrected chi connectivity index (χ2v) is 5.15. The van der Waals surface area contributed by atoms with E-state index in [1.807, 2.05) is 0 Å². The van der Waals surface area contributed by atoms with Gasteiger partial charge in [0.15, 0.2) is 0 Å². The topological polar surface area (TPSA) is 89.9 Å². The first-order valence-corrected chi connectivity index (χ1v) is 6.32. The van der Waals surface area contributed by atoms with E-state index in [9.17, 15) is 4.79 Å². The first-order valence-electron chi connectivity index (χ1n) is 5.50. The number of anilines is 1. The maximum absolute atomic E-state index is 11.8. The number of aromatic nitrogens is 4. The maximum Gasteiger partial charge on any atom is 0.253 e. The molecule has 0 unspecified atom stereocenters. The third-order valence-corrected chi connectivity index (χ3v) is 3.57. The van der Waals surface area contributed by atoms with Gasteiger partial charge in [0.25, 0.3) is 5.91 Å². The van der Waals surface area contributed by atoms with E-state index < -0.39 is 0 Å². The summed E-state index contributed by atoms with van der Waals surface area (Å²) in [5.41, 5.74) is 7.04. The molecule has 8 heteroatoms. The van der Waals surface area contributed by atoms with Crippen LogP contribution in [0.25, 0.3) is 0 Å². The predicted octanol–water partition coefficient (Wildman–Crippen LogP) is 0.645. The number of carbonyl (C=O) groups excluding carboxylic acids is 1. The zero-order chi connectivity index (χ0) is 14.0. The van der Waals surface area contributed by atoms with Gasteiger partial charge in [-0.25, -0.2) is 4.68 Å². The molecule has 0 aliphatic carbocycles. The summed E-state index contributed by atoms with van der Waals surface area (Å²) in [5.74, 6) is -0.0800. The number of nitrogens with zero attached hydrogens (tertiary/aromatic N) is 5. The van der Waals surface area contributed by atoms with Crippen LogP contribution < -0.4 is 5.73 Å². The van der Waals surface area contributed by atoms with Crippen molar-refractivity contribution in [1.29, 1.82) is 0 Å². The zero-order valence-electron chi connectivity index (χ0n) is 10.9. The lowest BCUT2D eigenvalue weighted by atomic mass is 10.2. The summed E-state index contributed by atoms with van der Waals surface area (Å²) >= 11 is 1.35. The van der Waals surface area contributed by atoms with Crippen molar-refractivity contribution in [3.63, 3.8) is 0 Å². The Balaban J connectivity index is 2.25. The molecule has 0 spiro atoms. The molecule has 0 aliphatic heterocycles. The van der Waals surface area contributed by atoms with E-state index in [1.54, 1.807) is 44.0 Å². The van der Waals surface area contributed by atoms with Crippen molar-refractivity contribution in [3.8, 4) is 0 Å². The molecule has 0 fully saturated rings. The summed E-state index contributed by atoms with van der Waals surface area (Å²) in [6.45, 7) is 0. The third-order valence-electron chi connectivity index (χ3n) is 2.45. The van der Waals surface area contributed by atoms with Gasteiger partial charge in [0.1, 0.15) is 0 Å². The van der Waals surface area contributed by atoms with Crippen molar-refractivity contribution < 1.29 is 4.79 Å². The first-order chi connectivity index (χ1) is 8.99. The molecule has 7 nitrogen and oxygen atoms in total. The molecule has 0 aliphatic rings. The van der Waals surface area contributed by atoms with Crippen molar-refractivity contribution in [3.05, 3.63) is 23.8 Å². The van der Waals surface area contributed by atoms with Crippen molar-refractivity contribution in [2.75, 3.05) is 19.8 Å². The number of hydrogen-bond acceptors (Lipinski definition) is 6. The number of benzene rings is 1. The number of hydrogen-bond donors (Lipinski definition) is 1. The molecule has 1 aromatic carbocycles. The molecule has 0 bridgehead atoms. The molecule has 2 rings (SSSR count). The van der Waals surface area contributed by atoms with E-state index in [4.69, 9.17) is 5.73 Å². The van der Waals surface area contributed by atoms with E-state index in [0.29, 0.717) is 16.4 Å². The highest BCUT2D eigenvalue weighted by Gasteiger charge is 2.12. The average Bonchev–Trinajstić information content (AvgIpc) is 2.76. The van der Waals surface area contributed by atoms with Crippen LogP contribution in [0.1, 0.15) is 10.4 Å². The van der Waals surface area contributed by atoms with Crippen LogP contribution in [-0.2, 0) is 7.05 Å². The van der Waals surface area contributed by atoms with E-state index >= 15 is 0 Å². The van der Waals surface area contributed by atoms with Gasteiger partial charge in [0, 0.05) is 37.3 Å². The minimum atomic E-state index is -0.0800. The molecule has 0 atom stereocenters. The molecule has 19 heavy (non-hydrogen) atoms. The Morgan fingerprint density at radius 3 is 2.68 bits per heavy atom. The van der Waals surface area contributed by atoms with E-state index in [1.165, 1.54) is 16.7 Å². The maximum atomic E-state index is 11.8. The highest BCUT2D eigenvalue weighted by atomic mass is 32.2. The normalized spacial score (nSPS) is 10.5. The van der Waals surface area contributed by atoms with E-state index in [-0.39, 0.29) is 5.91 Å². The number of carbonyl (C=O) groups is 1. The number of rotatable bonds is 3. The van der Waals surface area contributed by atoms with Gasteiger partial charge in [-0.2, -0.15) is 0 Å². The Bertz CT molecular complexity index is 609.